The first-order valence-electron chi connectivity index (χ1n) is 6.04. The molecule has 0 saturated carbocycles. The number of hydrogen-bond acceptors (Lipinski definition) is 2. The van der Waals surface area contributed by atoms with Gasteiger partial charge in [0.2, 0.25) is 0 Å². The Bertz CT molecular complexity index is 158. The van der Waals surface area contributed by atoms with Gasteiger partial charge >= 0.3 is 0 Å². The van der Waals surface area contributed by atoms with Crippen LogP contribution in [0.15, 0.2) is 0 Å². The van der Waals surface area contributed by atoms with Crippen molar-refractivity contribution >= 4 is 0 Å². The van der Waals surface area contributed by atoms with Crippen LogP contribution in [-0.2, 0) is 9.47 Å². The number of rotatable bonds is 5. The molecule has 0 aromatic rings. The maximum atomic E-state index is 5.95. The Kier molecular flexibility index (Phi) is 4.90. The molecule has 0 N–H and O–H groups in total. The molecule has 1 saturated heterocycles. The maximum Gasteiger partial charge on any atom is 0.168 e. The van der Waals surface area contributed by atoms with Crippen LogP contribution in [0.25, 0.3) is 0 Å². The molecule has 0 aromatic heterocycles. The molecule has 84 valence electrons. The van der Waals surface area contributed by atoms with Gasteiger partial charge in [-0.3, -0.25) is 0 Å². The average Bonchev–Trinajstić information content (AvgIpc) is 2.18. The van der Waals surface area contributed by atoms with Gasteiger partial charge in [0, 0.05) is 6.42 Å². The van der Waals surface area contributed by atoms with Crippen molar-refractivity contribution < 1.29 is 9.47 Å². The topological polar surface area (TPSA) is 18.5 Å². The molecular weight excluding hydrogens is 176 g/mol. The summed E-state index contributed by atoms with van der Waals surface area (Å²) in [5.41, 5.74) is 0. The van der Waals surface area contributed by atoms with Gasteiger partial charge in [0.15, 0.2) is 5.79 Å². The fourth-order valence-corrected chi connectivity index (χ4v) is 2.01. The largest absolute Gasteiger partial charge is 0.350 e. The van der Waals surface area contributed by atoms with Crippen LogP contribution in [0.4, 0.5) is 0 Å². The first kappa shape index (κ1) is 12.0. The van der Waals surface area contributed by atoms with Gasteiger partial charge < -0.3 is 9.47 Å². The van der Waals surface area contributed by atoms with E-state index in [9.17, 15) is 0 Å². The van der Waals surface area contributed by atoms with Gasteiger partial charge in [0.05, 0.1) is 12.7 Å². The minimum absolute atomic E-state index is 0.257. The van der Waals surface area contributed by atoms with Crippen molar-refractivity contribution in [3.8, 4) is 0 Å². The van der Waals surface area contributed by atoms with E-state index in [1.54, 1.807) is 0 Å². The molecule has 1 aliphatic heterocycles. The van der Waals surface area contributed by atoms with Crippen LogP contribution >= 0.6 is 0 Å². The molecule has 0 spiro atoms. The monoisotopic (exact) mass is 200 g/mol. The zero-order valence-electron chi connectivity index (χ0n) is 9.84. The minimum atomic E-state index is -0.257. The van der Waals surface area contributed by atoms with Gasteiger partial charge in [-0.25, -0.2) is 0 Å². The summed E-state index contributed by atoms with van der Waals surface area (Å²) in [6.07, 6.45) is 7.19. The third-order valence-electron chi connectivity index (χ3n) is 3.01. The van der Waals surface area contributed by atoms with E-state index < -0.39 is 0 Å². The third kappa shape index (κ3) is 3.25. The lowest BCUT2D eigenvalue weighted by Gasteiger charge is -2.39. The van der Waals surface area contributed by atoms with Crippen molar-refractivity contribution in [1.29, 1.82) is 0 Å². The van der Waals surface area contributed by atoms with Crippen LogP contribution in [0.2, 0.25) is 0 Å². The lowest BCUT2D eigenvalue weighted by Crippen LogP contribution is -2.43. The Hall–Kier alpha value is -0.0800. The Morgan fingerprint density at radius 1 is 1.29 bits per heavy atom. The standard InChI is InChI=1S/C12H24O2/c1-4-6-7-9-12(5-2)13-10-8-11(3)14-12/h11H,4-10H2,1-3H3/t11-,12-/m1/s1. The molecule has 2 nitrogen and oxygen atoms in total. The van der Waals surface area contributed by atoms with Gasteiger partial charge in [-0.15, -0.1) is 0 Å². The Morgan fingerprint density at radius 3 is 2.64 bits per heavy atom. The summed E-state index contributed by atoms with van der Waals surface area (Å²) in [5, 5.41) is 0. The SMILES string of the molecule is CCCCC[C@]1(CC)OCC[C@@H](C)O1. The second-order valence-corrected chi connectivity index (χ2v) is 4.29. The highest BCUT2D eigenvalue weighted by atomic mass is 16.7. The van der Waals surface area contributed by atoms with E-state index in [0.29, 0.717) is 6.10 Å². The number of ether oxygens (including phenoxy) is 2. The first-order valence-corrected chi connectivity index (χ1v) is 6.04. The Balaban J connectivity index is 2.39. The summed E-state index contributed by atoms with van der Waals surface area (Å²) in [4.78, 5) is 0. The van der Waals surface area contributed by atoms with E-state index in [1.165, 1.54) is 19.3 Å². The summed E-state index contributed by atoms with van der Waals surface area (Å²) in [6, 6.07) is 0. The van der Waals surface area contributed by atoms with E-state index in [4.69, 9.17) is 9.47 Å². The lowest BCUT2D eigenvalue weighted by atomic mass is 10.0. The van der Waals surface area contributed by atoms with Crippen molar-refractivity contribution in [3.05, 3.63) is 0 Å². The highest BCUT2D eigenvalue weighted by Gasteiger charge is 2.34. The zero-order chi connectivity index (χ0) is 10.4. The molecule has 1 heterocycles. The van der Waals surface area contributed by atoms with E-state index in [1.807, 2.05) is 0 Å². The van der Waals surface area contributed by atoms with Crippen LogP contribution in [0, 0.1) is 0 Å². The van der Waals surface area contributed by atoms with E-state index in [-0.39, 0.29) is 5.79 Å². The molecular formula is C12H24O2. The second-order valence-electron chi connectivity index (χ2n) is 4.29. The van der Waals surface area contributed by atoms with E-state index >= 15 is 0 Å². The normalized spacial score (nSPS) is 33.2. The molecule has 0 amide bonds. The summed E-state index contributed by atoms with van der Waals surface area (Å²) >= 11 is 0. The van der Waals surface area contributed by atoms with E-state index in [0.717, 1.165) is 25.9 Å². The summed E-state index contributed by atoms with van der Waals surface area (Å²) < 4.78 is 11.8. The van der Waals surface area contributed by atoms with Crippen molar-refractivity contribution in [3.63, 3.8) is 0 Å². The predicted molar refractivity (Wildman–Crippen MR) is 58.3 cm³/mol. The van der Waals surface area contributed by atoms with Crippen LogP contribution in [-0.4, -0.2) is 18.5 Å². The smallest absolute Gasteiger partial charge is 0.168 e. The highest BCUT2D eigenvalue weighted by Crippen LogP contribution is 2.31. The predicted octanol–water partition coefficient (Wildman–Crippen LogP) is 3.50. The summed E-state index contributed by atoms with van der Waals surface area (Å²) in [7, 11) is 0. The quantitative estimate of drug-likeness (QED) is 0.632. The van der Waals surface area contributed by atoms with Gasteiger partial charge in [-0.05, 0) is 26.2 Å². The van der Waals surface area contributed by atoms with Crippen molar-refractivity contribution in [2.45, 2.75) is 71.2 Å². The Morgan fingerprint density at radius 2 is 2.07 bits per heavy atom. The minimum Gasteiger partial charge on any atom is -0.350 e. The third-order valence-corrected chi connectivity index (χ3v) is 3.01. The summed E-state index contributed by atoms with van der Waals surface area (Å²) in [6.45, 7) is 7.39. The molecule has 1 fully saturated rings. The lowest BCUT2D eigenvalue weighted by molar-refractivity contribution is -0.294. The molecule has 2 heteroatoms. The fraction of sp³-hybridized carbons (Fsp3) is 1.00. The van der Waals surface area contributed by atoms with Crippen molar-refractivity contribution in [2.24, 2.45) is 0 Å². The second kappa shape index (κ2) is 5.72. The van der Waals surface area contributed by atoms with Crippen LogP contribution < -0.4 is 0 Å². The molecule has 1 aliphatic rings. The molecule has 0 unspecified atom stereocenters. The van der Waals surface area contributed by atoms with Crippen LogP contribution in [0.3, 0.4) is 0 Å². The average molecular weight is 200 g/mol. The first-order chi connectivity index (χ1) is 6.72. The Labute approximate surface area is 88.0 Å². The molecule has 0 radical (unpaired) electrons. The van der Waals surface area contributed by atoms with Crippen LogP contribution in [0.1, 0.15) is 59.3 Å². The molecule has 0 bridgehead atoms. The molecule has 14 heavy (non-hydrogen) atoms. The molecule has 2 atom stereocenters. The van der Waals surface area contributed by atoms with E-state index in [2.05, 4.69) is 20.8 Å². The zero-order valence-corrected chi connectivity index (χ0v) is 9.84. The fourth-order valence-electron chi connectivity index (χ4n) is 2.01. The molecule has 0 aliphatic carbocycles. The molecule has 0 aromatic carbocycles. The maximum absolute atomic E-state index is 5.95. The van der Waals surface area contributed by atoms with Crippen molar-refractivity contribution in [2.75, 3.05) is 6.61 Å². The van der Waals surface area contributed by atoms with Gasteiger partial charge in [0.1, 0.15) is 0 Å². The van der Waals surface area contributed by atoms with Gasteiger partial charge in [0.25, 0.3) is 0 Å². The van der Waals surface area contributed by atoms with Crippen LogP contribution in [0.5, 0.6) is 0 Å². The number of unbranched alkanes of at least 4 members (excludes halogenated alkanes) is 2. The molecule has 1 rings (SSSR count). The van der Waals surface area contributed by atoms with Gasteiger partial charge in [-0.1, -0.05) is 26.7 Å². The van der Waals surface area contributed by atoms with Gasteiger partial charge in [-0.2, -0.15) is 0 Å². The summed E-state index contributed by atoms with van der Waals surface area (Å²) in [5.74, 6) is -0.257. The van der Waals surface area contributed by atoms with Crippen molar-refractivity contribution in [1.82, 2.24) is 0 Å². The highest BCUT2D eigenvalue weighted by molar-refractivity contribution is 4.74. The number of hydrogen-bond donors (Lipinski definition) is 0.